The van der Waals surface area contributed by atoms with Gasteiger partial charge in [-0.05, 0) is 44.6 Å². The van der Waals surface area contributed by atoms with E-state index >= 15 is 0 Å². The topological polar surface area (TPSA) is 72.1 Å². The Bertz CT molecular complexity index is 652. The minimum atomic E-state index is -0.183. The molecule has 102 valence electrons. The molecule has 1 aromatic carbocycles. The third-order valence-electron chi connectivity index (χ3n) is 4.16. The van der Waals surface area contributed by atoms with Crippen LogP contribution in [0.4, 0.5) is 0 Å². The van der Waals surface area contributed by atoms with Crippen LogP contribution in [0.3, 0.4) is 0 Å². The van der Waals surface area contributed by atoms with E-state index in [1.54, 1.807) is 0 Å². The van der Waals surface area contributed by atoms with Crippen molar-refractivity contribution in [2.75, 3.05) is 20.7 Å². The number of aromatic amines is 2. The van der Waals surface area contributed by atoms with E-state index in [-0.39, 0.29) is 23.8 Å². The molecule has 0 spiro atoms. The quantitative estimate of drug-likeness (QED) is 0.775. The Morgan fingerprint density at radius 3 is 2.58 bits per heavy atom. The van der Waals surface area contributed by atoms with Crippen molar-refractivity contribution in [3.63, 3.8) is 0 Å². The highest BCUT2D eigenvalue weighted by Gasteiger charge is 2.50. The Morgan fingerprint density at radius 1 is 1.32 bits per heavy atom. The van der Waals surface area contributed by atoms with Gasteiger partial charge in [0, 0.05) is 11.5 Å². The lowest BCUT2D eigenvalue weighted by molar-refractivity contribution is 0.116. The summed E-state index contributed by atoms with van der Waals surface area (Å²) in [6.45, 7) is 0.206. The molecule has 5 heteroatoms. The van der Waals surface area contributed by atoms with Crippen LogP contribution in [0.25, 0.3) is 11.0 Å². The van der Waals surface area contributed by atoms with Crippen LogP contribution in [-0.4, -0.2) is 40.7 Å². The Labute approximate surface area is 111 Å². The third-order valence-corrected chi connectivity index (χ3v) is 4.16. The molecule has 1 saturated carbocycles. The maximum absolute atomic E-state index is 11.3. The highest BCUT2D eigenvalue weighted by atomic mass is 16.3. The van der Waals surface area contributed by atoms with Crippen LogP contribution in [0.15, 0.2) is 23.0 Å². The van der Waals surface area contributed by atoms with Gasteiger partial charge in [0.15, 0.2) is 0 Å². The molecule has 1 aliphatic carbocycles. The van der Waals surface area contributed by atoms with Gasteiger partial charge in [-0.2, -0.15) is 0 Å². The summed E-state index contributed by atoms with van der Waals surface area (Å²) in [5, 5.41) is 9.66. The van der Waals surface area contributed by atoms with Crippen molar-refractivity contribution in [2.24, 2.45) is 5.41 Å². The Balaban J connectivity index is 2.07. The van der Waals surface area contributed by atoms with E-state index in [0.29, 0.717) is 0 Å². The van der Waals surface area contributed by atoms with Crippen molar-refractivity contribution in [1.82, 2.24) is 14.9 Å². The first-order chi connectivity index (χ1) is 9.05. The summed E-state index contributed by atoms with van der Waals surface area (Å²) in [6.07, 6.45) is 2.10. The zero-order chi connectivity index (χ0) is 13.6. The van der Waals surface area contributed by atoms with Crippen LogP contribution >= 0.6 is 0 Å². The molecule has 1 unspecified atom stereocenters. The number of aromatic nitrogens is 2. The van der Waals surface area contributed by atoms with Crippen molar-refractivity contribution < 1.29 is 5.11 Å². The van der Waals surface area contributed by atoms with Crippen LogP contribution in [0.5, 0.6) is 0 Å². The van der Waals surface area contributed by atoms with E-state index in [0.717, 1.165) is 29.4 Å². The fraction of sp³-hybridized carbons (Fsp3) is 0.500. The van der Waals surface area contributed by atoms with Crippen LogP contribution in [0, 0.1) is 5.41 Å². The number of nitrogens with one attached hydrogen (secondary N) is 2. The largest absolute Gasteiger partial charge is 0.396 e. The second kappa shape index (κ2) is 4.21. The number of benzene rings is 1. The highest BCUT2D eigenvalue weighted by molar-refractivity contribution is 5.75. The van der Waals surface area contributed by atoms with Gasteiger partial charge in [-0.3, -0.25) is 0 Å². The van der Waals surface area contributed by atoms with Gasteiger partial charge in [-0.25, -0.2) is 4.79 Å². The normalized spacial score (nSPS) is 18.9. The summed E-state index contributed by atoms with van der Waals surface area (Å²) in [5.74, 6) is 0. The van der Waals surface area contributed by atoms with Crippen LogP contribution in [0.1, 0.15) is 24.4 Å². The zero-order valence-corrected chi connectivity index (χ0v) is 11.2. The lowest BCUT2D eigenvalue weighted by atomic mass is 9.89. The molecule has 2 aromatic rings. The number of aliphatic hydroxyl groups is 1. The maximum atomic E-state index is 11.3. The lowest BCUT2D eigenvalue weighted by Gasteiger charge is -2.32. The van der Waals surface area contributed by atoms with Crippen LogP contribution < -0.4 is 5.69 Å². The second-order valence-electron chi connectivity index (χ2n) is 5.77. The average Bonchev–Trinajstić information content (AvgIpc) is 3.04. The summed E-state index contributed by atoms with van der Waals surface area (Å²) in [7, 11) is 4.06. The summed E-state index contributed by atoms with van der Waals surface area (Å²) in [6, 6.07) is 6.15. The number of rotatable bonds is 4. The fourth-order valence-corrected chi connectivity index (χ4v) is 3.10. The van der Waals surface area contributed by atoms with Crippen molar-refractivity contribution in [2.45, 2.75) is 18.9 Å². The van der Waals surface area contributed by atoms with E-state index in [1.165, 1.54) is 0 Å². The molecule has 3 rings (SSSR count). The van der Waals surface area contributed by atoms with Gasteiger partial charge in [0.25, 0.3) is 0 Å². The predicted molar refractivity (Wildman–Crippen MR) is 74.1 cm³/mol. The first kappa shape index (κ1) is 12.4. The van der Waals surface area contributed by atoms with Gasteiger partial charge in [0.1, 0.15) is 0 Å². The van der Waals surface area contributed by atoms with Crippen molar-refractivity contribution in [3.05, 3.63) is 34.2 Å². The third kappa shape index (κ3) is 1.99. The van der Waals surface area contributed by atoms with E-state index < -0.39 is 0 Å². The molecule has 0 bridgehead atoms. The predicted octanol–water partition coefficient (Wildman–Crippen LogP) is 1.23. The first-order valence-electron chi connectivity index (χ1n) is 6.55. The number of hydrogen-bond donors (Lipinski definition) is 3. The number of nitrogens with zero attached hydrogens (tertiary/aromatic N) is 1. The van der Waals surface area contributed by atoms with E-state index in [1.807, 2.05) is 32.3 Å². The molecule has 0 amide bonds. The molecule has 5 nitrogen and oxygen atoms in total. The molecule has 1 atom stereocenters. The van der Waals surface area contributed by atoms with E-state index in [9.17, 15) is 9.90 Å². The number of hydrogen-bond acceptors (Lipinski definition) is 3. The van der Waals surface area contributed by atoms with E-state index in [4.69, 9.17) is 0 Å². The minimum Gasteiger partial charge on any atom is -0.396 e. The molecule has 1 aromatic heterocycles. The van der Waals surface area contributed by atoms with Gasteiger partial charge in [0.05, 0.1) is 17.6 Å². The van der Waals surface area contributed by atoms with Crippen LogP contribution in [0.2, 0.25) is 0 Å². The molecule has 0 aliphatic heterocycles. The maximum Gasteiger partial charge on any atom is 0.323 e. The molecular formula is C14H19N3O2. The molecule has 0 saturated heterocycles. The van der Waals surface area contributed by atoms with E-state index in [2.05, 4.69) is 14.9 Å². The molecule has 1 heterocycles. The Kier molecular flexibility index (Phi) is 2.76. The summed E-state index contributed by atoms with van der Waals surface area (Å²) in [5.41, 5.74) is 2.58. The number of H-pyrrole nitrogens is 2. The molecule has 1 fully saturated rings. The Morgan fingerprint density at radius 2 is 2.00 bits per heavy atom. The fourth-order valence-electron chi connectivity index (χ4n) is 3.10. The zero-order valence-electron chi connectivity index (χ0n) is 11.2. The SMILES string of the molecule is CN(C)C(c1ccc2[nH]c(=O)[nH]c2c1)C1(CO)CC1. The standard InChI is InChI=1S/C14H19N3O2/c1-17(2)12(14(8-18)5-6-14)9-3-4-10-11(7-9)16-13(19)15-10/h3-4,7,12,18H,5-6,8H2,1-2H3,(H2,15,16,19). The van der Waals surface area contributed by atoms with Crippen LogP contribution in [-0.2, 0) is 0 Å². The van der Waals surface area contributed by atoms with Crippen molar-refractivity contribution >= 4 is 11.0 Å². The van der Waals surface area contributed by atoms with Gasteiger partial charge in [-0.15, -0.1) is 0 Å². The smallest absolute Gasteiger partial charge is 0.323 e. The molecule has 3 N–H and O–H groups in total. The number of fused-ring (bicyclic) bond motifs is 1. The summed E-state index contributed by atoms with van der Waals surface area (Å²) >= 11 is 0. The second-order valence-corrected chi connectivity index (χ2v) is 5.77. The monoisotopic (exact) mass is 261 g/mol. The highest BCUT2D eigenvalue weighted by Crippen LogP contribution is 2.56. The first-order valence-corrected chi connectivity index (χ1v) is 6.55. The van der Waals surface area contributed by atoms with Gasteiger partial charge >= 0.3 is 5.69 Å². The molecule has 1 aliphatic rings. The molecular weight excluding hydrogens is 242 g/mol. The number of imidazole rings is 1. The lowest BCUT2D eigenvalue weighted by Crippen LogP contribution is -2.30. The average molecular weight is 261 g/mol. The summed E-state index contributed by atoms with van der Waals surface area (Å²) < 4.78 is 0. The van der Waals surface area contributed by atoms with Crippen molar-refractivity contribution in [3.8, 4) is 0 Å². The Hall–Kier alpha value is -1.59. The number of aliphatic hydroxyl groups excluding tert-OH is 1. The minimum absolute atomic E-state index is 0.0201. The van der Waals surface area contributed by atoms with Crippen molar-refractivity contribution in [1.29, 1.82) is 0 Å². The van der Waals surface area contributed by atoms with Gasteiger partial charge < -0.3 is 20.0 Å². The van der Waals surface area contributed by atoms with Gasteiger partial charge in [0.2, 0.25) is 0 Å². The molecule has 0 radical (unpaired) electrons. The van der Waals surface area contributed by atoms with Gasteiger partial charge in [-0.1, -0.05) is 6.07 Å². The summed E-state index contributed by atoms with van der Waals surface area (Å²) in [4.78, 5) is 19.0. The molecule has 19 heavy (non-hydrogen) atoms.